The largest absolute Gasteiger partial charge is 0.481 e. The van der Waals surface area contributed by atoms with Crippen LogP contribution in [-0.2, 0) is 4.79 Å². The quantitative estimate of drug-likeness (QED) is 0.755. The number of aliphatic carboxylic acids is 1. The van der Waals surface area contributed by atoms with Gasteiger partial charge in [-0.1, -0.05) is 37.3 Å². The van der Waals surface area contributed by atoms with Gasteiger partial charge in [0.1, 0.15) is 0 Å². The second-order valence-electron chi connectivity index (χ2n) is 3.29. The molecule has 1 unspecified atom stereocenters. The number of thioether (sulfide) groups is 1. The second kappa shape index (κ2) is 6.51. The molecule has 1 atom stereocenters. The molecule has 0 aliphatic rings. The summed E-state index contributed by atoms with van der Waals surface area (Å²) in [7, 11) is 0. The predicted molar refractivity (Wildman–Crippen MR) is 64.4 cm³/mol. The molecule has 2 nitrogen and oxygen atoms in total. The smallest absolute Gasteiger partial charge is 0.311 e. The van der Waals surface area contributed by atoms with Gasteiger partial charge in [-0.15, -0.1) is 0 Å². The van der Waals surface area contributed by atoms with Crippen molar-refractivity contribution in [3.8, 4) is 0 Å². The molecule has 0 saturated heterocycles. The molecule has 0 saturated carbocycles. The Kier molecular flexibility index (Phi) is 5.26. The summed E-state index contributed by atoms with van der Waals surface area (Å²) in [5, 5.41) is 9.12. The van der Waals surface area contributed by atoms with Crippen molar-refractivity contribution in [1.82, 2.24) is 0 Å². The Morgan fingerprint density at radius 1 is 1.40 bits per heavy atom. The van der Waals surface area contributed by atoms with E-state index >= 15 is 0 Å². The van der Waals surface area contributed by atoms with Gasteiger partial charge in [0.15, 0.2) is 0 Å². The molecule has 0 spiro atoms. The third-order valence-electron chi connectivity index (χ3n) is 2.26. The lowest BCUT2D eigenvalue weighted by atomic mass is 9.97. The van der Waals surface area contributed by atoms with Crippen LogP contribution in [0.25, 0.3) is 0 Å². The monoisotopic (exact) mass is 224 g/mol. The normalized spacial score (nSPS) is 12.3. The zero-order chi connectivity index (χ0) is 11.1. The van der Waals surface area contributed by atoms with Crippen LogP contribution in [0, 0.1) is 0 Å². The Morgan fingerprint density at radius 3 is 2.60 bits per heavy atom. The molecule has 0 fully saturated rings. The van der Waals surface area contributed by atoms with Gasteiger partial charge in [-0.3, -0.25) is 4.79 Å². The Hall–Kier alpha value is -0.960. The summed E-state index contributed by atoms with van der Waals surface area (Å²) < 4.78 is 0. The van der Waals surface area contributed by atoms with Crippen molar-refractivity contribution >= 4 is 17.7 Å². The van der Waals surface area contributed by atoms with E-state index in [2.05, 4.69) is 6.92 Å². The summed E-state index contributed by atoms with van der Waals surface area (Å²) in [5.74, 6) is 0.867. The maximum absolute atomic E-state index is 11.1. The van der Waals surface area contributed by atoms with Crippen LogP contribution in [-0.4, -0.2) is 22.6 Å². The minimum absolute atomic E-state index is 0.356. The lowest BCUT2D eigenvalue weighted by Crippen LogP contribution is -2.12. The first-order valence-corrected chi connectivity index (χ1v) is 6.26. The van der Waals surface area contributed by atoms with Gasteiger partial charge in [-0.05, 0) is 23.5 Å². The average Bonchev–Trinajstić information content (AvgIpc) is 2.25. The average molecular weight is 224 g/mol. The summed E-state index contributed by atoms with van der Waals surface area (Å²) >= 11 is 1.79. The highest BCUT2D eigenvalue weighted by Crippen LogP contribution is 2.21. The van der Waals surface area contributed by atoms with Crippen molar-refractivity contribution in [2.75, 3.05) is 11.5 Å². The van der Waals surface area contributed by atoms with Crippen molar-refractivity contribution < 1.29 is 9.90 Å². The molecule has 0 aliphatic carbocycles. The molecule has 1 N–H and O–H groups in total. The molecule has 1 aromatic carbocycles. The molecule has 0 aliphatic heterocycles. The molecular weight excluding hydrogens is 208 g/mol. The summed E-state index contributed by atoms with van der Waals surface area (Å²) in [4.78, 5) is 11.1. The van der Waals surface area contributed by atoms with Gasteiger partial charge >= 0.3 is 5.97 Å². The SMILES string of the molecule is CCSCCC(C(=O)O)c1ccccc1. The maximum atomic E-state index is 11.1. The first-order chi connectivity index (χ1) is 7.25. The summed E-state index contributed by atoms with van der Waals surface area (Å²) in [6, 6.07) is 9.45. The first-order valence-electron chi connectivity index (χ1n) is 5.11. The number of carbonyl (C=O) groups is 1. The number of benzene rings is 1. The van der Waals surface area contributed by atoms with Crippen LogP contribution in [0.1, 0.15) is 24.8 Å². The molecule has 0 radical (unpaired) electrons. The van der Waals surface area contributed by atoms with Crippen molar-refractivity contribution in [2.24, 2.45) is 0 Å². The molecule has 0 aromatic heterocycles. The number of hydrogen-bond donors (Lipinski definition) is 1. The van der Waals surface area contributed by atoms with E-state index in [-0.39, 0.29) is 5.92 Å². The zero-order valence-corrected chi connectivity index (χ0v) is 9.67. The summed E-state index contributed by atoms with van der Waals surface area (Å²) in [6.07, 6.45) is 0.706. The van der Waals surface area contributed by atoms with E-state index in [9.17, 15) is 4.79 Å². The molecule has 1 rings (SSSR count). The molecule has 3 heteroatoms. The van der Waals surface area contributed by atoms with Crippen LogP contribution < -0.4 is 0 Å². The number of hydrogen-bond acceptors (Lipinski definition) is 2. The highest BCUT2D eigenvalue weighted by molar-refractivity contribution is 7.99. The van der Waals surface area contributed by atoms with Crippen LogP contribution in [0.15, 0.2) is 30.3 Å². The molecule has 82 valence electrons. The number of carboxylic acid groups (broad SMARTS) is 1. The number of carboxylic acids is 1. The predicted octanol–water partition coefficient (Wildman–Crippen LogP) is 3.00. The molecule has 0 heterocycles. The van der Waals surface area contributed by atoms with Crippen LogP contribution in [0.3, 0.4) is 0 Å². The van der Waals surface area contributed by atoms with Gasteiger partial charge in [0.05, 0.1) is 5.92 Å². The van der Waals surface area contributed by atoms with Crippen LogP contribution >= 0.6 is 11.8 Å². The summed E-state index contributed by atoms with van der Waals surface area (Å²) in [5.41, 5.74) is 0.904. The fourth-order valence-electron chi connectivity index (χ4n) is 1.46. The highest BCUT2D eigenvalue weighted by atomic mass is 32.2. The summed E-state index contributed by atoms with van der Waals surface area (Å²) in [6.45, 7) is 2.09. The van der Waals surface area contributed by atoms with E-state index in [0.717, 1.165) is 17.1 Å². The van der Waals surface area contributed by atoms with Crippen molar-refractivity contribution in [3.05, 3.63) is 35.9 Å². The van der Waals surface area contributed by atoms with E-state index in [0.29, 0.717) is 6.42 Å². The Labute approximate surface area is 94.7 Å². The van der Waals surface area contributed by atoms with Gasteiger partial charge in [0.25, 0.3) is 0 Å². The molecule has 15 heavy (non-hydrogen) atoms. The van der Waals surface area contributed by atoms with Gasteiger partial charge in [-0.25, -0.2) is 0 Å². The third kappa shape index (κ3) is 3.96. The molecule has 0 amide bonds. The van der Waals surface area contributed by atoms with Crippen LogP contribution in [0.2, 0.25) is 0 Å². The molecule has 0 bridgehead atoms. The van der Waals surface area contributed by atoms with E-state index < -0.39 is 5.97 Å². The highest BCUT2D eigenvalue weighted by Gasteiger charge is 2.18. The van der Waals surface area contributed by atoms with Gasteiger partial charge < -0.3 is 5.11 Å². The zero-order valence-electron chi connectivity index (χ0n) is 8.85. The van der Waals surface area contributed by atoms with E-state index in [1.54, 1.807) is 11.8 Å². The van der Waals surface area contributed by atoms with E-state index in [4.69, 9.17) is 5.11 Å². The van der Waals surface area contributed by atoms with Crippen molar-refractivity contribution in [1.29, 1.82) is 0 Å². The number of rotatable bonds is 6. The second-order valence-corrected chi connectivity index (χ2v) is 4.68. The Balaban J connectivity index is 2.62. The van der Waals surface area contributed by atoms with Crippen LogP contribution in [0.5, 0.6) is 0 Å². The van der Waals surface area contributed by atoms with Gasteiger partial charge in [0, 0.05) is 0 Å². The lowest BCUT2D eigenvalue weighted by Gasteiger charge is -2.11. The minimum Gasteiger partial charge on any atom is -0.481 e. The van der Waals surface area contributed by atoms with E-state index in [1.165, 1.54) is 0 Å². The fraction of sp³-hybridized carbons (Fsp3) is 0.417. The van der Waals surface area contributed by atoms with Gasteiger partial charge in [-0.2, -0.15) is 11.8 Å². The first kappa shape index (κ1) is 12.1. The fourth-order valence-corrected chi connectivity index (χ4v) is 2.15. The molecular formula is C12H16O2S. The van der Waals surface area contributed by atoms with Crippen LogP contribution in [0.4, 0.5) is 0 Å². The van der Waals surface area contributed by atoms with E-state index in [1.807, 2.05) is 30.3 Å². The topological polar surface area (TPSA) is 37.3 Å². The maximum Gasteiger partial charge on any atom is 0.311 e. The lowest BCUT2D eigenvalue weighted by molar-refractivity contribution is -0.138. The Bertz CT molecular complexity index is 298. The van der Waals surface area contributed by atoms with Gasteiger partial charge in [0.2, 0.25) is 0 Å². The third-order valence-corrected chi connectivity index (χ3v) is 3.19. The van der Waals surface area contributed by atoms with Crippen molar-refractivity contribution in [3.63, 3.8) is 0 Å². The van der Waals surface area contributed by atoms with Crippen molar-refractivity contribution in [2.45, 2.75) is 19.3 Å². The minimum atomic E-state index is -0.724. The Morgan fingerprint density at radius 2 is 2.07 bits per heavy atom. The standard InChI is InChI=1S/C12H16O2S/c1-2-15-9-8-11(12(13)14)10-6-4-3-5-7-10/h3-7,11H,2,8-9H2,1H3,(H,13,14). The molecule has 1 aromatic rings.